The molecule has 1 N–H and O–H groups in total. The molecule has 0 amide bonds. The van der Waals surface area contributed by atoms with Gasteiger partial charge in [0.15, 0.2) is 5.43 Å². The quantitative estimate of drug-likeness (QED) is 0.710. The normalized spacial score (nSPS) is 9.36. The lowest BCUT2D eigenvalue weighted by Crippen LogP contribution is -2.16. The summed E-state index contributed by atoms with van der Waals surface area (Å²) in [5.74, 6) is 1.22. The minimum absolute atomic E-state index is 0.232. The molecule has 4 heteroatoms. The molecule has 0 fully saturated rings. The third kappa shape index (κ3) is 2.23. The van der Waals surface area contributed by atoms with Gasteiger partial charge in [-0.2, -0.15) is 0 Å². The second-order valence-corrected chi connectivity index (χ2v) is 2.72. The summed E-state index contributed by atoms with van der Waals surface area (Å²) in [5, 5.41) is 8.66. The number of pyridine rings is 1. The maximum atomic E-state index is 11.1. The van der Waals surface area contributed by atoms with Gasteiger partial charge < -0.3 is 9.67 Å². The van der Waals surface area contributed by atoms with Crippen LogP contribution in [0, 0.1) is 12.3 Å². The van der Waals surface area contributed by atoms with E-state index >= 15 is 0 Å². The van der Waals surface area contributed by atoms with Gasteiger partial charge in [0.1, 0.15) is 5.56 Å². The highest BCUT2D eigenvalue weighted by Gasteiger charge is 2.07. The topological polar surface area (TPSA) is 59.3 Å². The first-order chi connectivity index (χ1) is 6.65. The number of carbonyl (C=O) groups is 1. The zero-order chi connectivity index (χ0) is 10.6. The van der Waals surface area contributed by atoms with Crippen molar-refractivity contribution in [3.05, 3.63) is 34.2 Å². The van der Waals surface area contributed by atoms with Crippen LogP contribution in [0.2, 0.25) is 0 Å². The molecule has 0 saturated carbocycles. The lowest BCUT2D eigenvalue weighted by molar-refractivity contribution is 0.0694. The number of terminal acetylenes is 1. The molecule has 0 radical (unpaired) electrons. The molecule has 1 aromatic rings. The average molecular weight is 191 g/mol. The van der Waals surface area contributed by atoms with Crippen LogP contribution in [0.1, 0.15) is 16.8 Å². The zero-order valence-corrected chi connectivity index (χ0v) is 7.43. The highest BCUT2D eigenvalue weighted by molar-refractivity contribution is 5.86. The molecule has 72 valence electrons. The summed E-state index contributed by atoms with van der Waals surface area (Å²) in [6.07, 6.45) is 8.38. The molecule has 0 spiro atoms. The van der Waals surface area contributed by atoms with Gasteiger partial charge in [0.05, 0.1) is 0 Å². The number of carboxylic acid groups (broad SMARTS) is 1. The van der Waals surface area contributed by atoms with Crippen LogP contribution in [-0.2, 0) is 6.54 Å². The molecule has 0 saturated heterocycles. The SMILES string of the molecule is C#CCCn1ccc(=O)c(C(=O)O)c1. The molecule has 0 bridgehead atoms. The van der Waals surface area contributed by atoms with E-state index in [1.54, 1.807) is 4.57 Å². The first-order valence-electron chi connectivity index (χ1n) is 4.02. The van der Waals surface area contributed by atoms with Crippen molar-refractivity contribution < 1.29 is 9.90 Å². The van der Waals surface area contributed by atoms with Gasteiger partial charge in [-0.15, -0.1) is 12.3 Å². The van der Waals surface area contributed by atoms with E-state index in [1.807, 2.05) is 0 Å². The summed E-state index contributed by atoms with van der Waals surface area (Å²) < 4.78 is 1.59. The van der Waals surface area contributed by atoms with Crippen LogP contribution in [-0.4, -0.2) is 15.6 Å². The van der Waals surface area contributed by atoms with Crippen molar-refractivity contribution in [2.75, 3.05) is 0 Å². The smallest absolute Gasteiger partial charge is 0.341 e. The molecule has 1 aromatic heterocycles. The third-order valence-corrected chi connectivity index (χ3v) is 1.72. The Hall–Kier alpha value is -2.02. The van der Waals surface area contributed by atoms with Crippen molar-refractivity contribution >= 4 is 5.97 Å². The number of hydrogen-bond donors (Lipinski definition) is 1. The standard InChI is InChI=1S/C10H9NO3/c1-2-3-5-11-6-4-9(12)8(7-11)10(13)14/h1,4,6-7H,3,5H2,(H,13,14). The summed E-state index contributed by atoms with van der Waals surface area (Å²) in [5.41, 5.74) is -0.723. The fourth-order valence-corrected chi connectivity index (χ4v) is 1.02. The Kier molecular flexibility index (Phi) is 3.08. The summed E-state index contributed by atoms with van der Waals surface area (Å²) in [6.45, 7) is 0.511. The van der Waals surface area contributed by atoms with E-state index in [1.165, 1.54) is 18.5 Å². The number of aromatic carboxylic acids is 1. The second kappa shape index (κ2) is 4.28. The molecule has 0 unspecified atom stereocenters. The van der Waals surface area contributed by atoms with Crippen LogP contribution >= 0.6 is 0 Å². The Morgan fingerprint density at radius 3 is 2.93 bits per heavy atom. The summed E-state index contributed by atoms with van der Waals surface area (Å²) in [6, 6.07) is 1.22. The van der Waals surface area contributed by atoms with Crippen LogP contribution in [0.25, 0.3) is 0 Å². The predicted molar refractivity (Wildman–Crippen MR) is 51.1 cm³/mol. The first kappa shape index (κ1) is 10.1. The number of carboxylic acids is 1. The monoisotopic (exact) mass is 191 g/mol. The molecule has 1 heterocycles. The third-order valence-electron chi connectivity index (χ3n) is 1.72. The molecule has 1 rings (SSSR count). The summed E-state index contributed by atoms with van der Waals surface area (Å²) >= 11 is 0. The van der Waals surface area contributed by atoms with Crippen LogP contribution < -0.4 is 5.43 Å². The molecule has 0 atom stereocenters. The molecular weight excluding hydrogens is 182 g/mol. The van der Waals surface area contributed by atoms with Gasteiger partial charge >= 0.3 is 5.97 Å². The van der Waals surface area contributed by atoms with Crippen LogP contribution in [0.5, 0.6) is 0 Å². The van der Waals surface area contributed by atoms with Gasteiger partial charge in [0.25, 0.3) is 0 Å². The highest BCUT2D eigenvalue weighted by Crippen LogP contribution is 1.94. The van der Waals surface area contributed by atoms with Crippen LogP contribution in [0.15, 0.2) is 23.3 Å². The van der Waals surface area contributed by atoms with Crippen molar-refractivity contribution in [3.8, 4) is 12.3 Å². The molecule has 0 aliphatic heterocycles. The largest absolute Gasteiger partial charge is 0.477 e. The Labute approximate surface area is 80.8 Å². The van der Waals surface area contributed by atoms with E-state index in [2.05, 4.69) is 5.92 Å². The number of rotatable bonds is 3. The second-order valence-electron chi connectivity index (χ2n) is 2.72. The number of aryl methyl sites for hydroxylation is 1. The first-order valence-corrected chi connectivity index (χ1v) is 4.02. The van der Waals surface area contributed by atoms with E-state index in [9.17, 15) is 9.59 Å². The Balaban J connectivity index is 3.02. The highest BCUT2D eigenvalue weighted by atomic mass is 16.4. The fraction of sp³-hybridized carbons (Fsp3) is 0.200. The van der Waals surface area contributed by atoms with Crippen LogP contribution in [0.4, 0.5) is 0 Å². The molecule has 14 heavy (non-hydrogen) atoms. The van der Waals surface area contributed by atoms with Gasteiger partial charge in [0.2, 0.25) is 0 Å². The number of aromatic nitrogens is 1. The minimum Gasteiger partial charge on any atom is -0.477 e. The van der Waals surface area contributed by atoms with Gasteiger partial charge in [-0.05, 0) is 0 Å². The molecule has 0 aliphatic rings. The summed E-state index contributed by atoms with van der Waals surface area (Å²) in [7, 11) is 0. The van der Waals surface area contributed by atoms with E-state index in [-0.39, 0.29) is 5.56 Å². The van der Waals surface area contributed by atoms with E-state index in [4.69, 9.17) is 11.5 Å². The maximum Gasteiger partial charge on any atom is 0.341 e. The Morgan fingerprint density at radius 2 is 2.36 bits per heavy atom. The molecule has 0 aliphatic carbocycles. The van der Waals surface area contributed by atoms with Crippen molar-refractivity contribution in [2.24, 2.45) is 0 Å². The lowest BCUT2D eigenvalue weighted by atomic mass is 10.2. The van der Waals surface area contributed by atoms with Crippen molar-refractivity contribution in [3.63, 3.8) is 0 Å². The van der Waals surface area contributed by atoms with Crippen molar-refractivity contribution in [2.45, 2.75) is 13.0 Å². The van der Waals surface area contributed by atoms with Crippen molar-refractivity contribution in [1.29, 1.82) is 0 Å². The fourth-order valence-electron chi connectivity index (χ4n) is 1.02. The molecule has 0 aromatic carbocycles. The van der Waals surface area contributed by atoms with E-state index in [0.29, 0.717) is 13.0 Å². The van der Waals surface area contributed by atoms with Crippen molar-refractivity contribution in [1.82, 2.24) is 4.57 Å². The van der Waals surface area contributed by atoms with Gasteiger partial charge in [-0.25, -0.2) is 4.79 Å². The molecular formula is C10H9NO3. The lowest BCUT2D eigenvalue weighted by Gasteiger charge is -2.03. The van der Waals surface area contributed by atoms with Gasteiger partial charge in [-0.1, -0.05) is 0 Å². The average Bonchev–Trinajstić information content (AvgIpc) is 2.16. The van der Waals surface area contributed by atoms with E-state index < -0.39 is 11.4 Å². The summed E-state index contributed by atoms with van der Waals surface area (Å²) in [4.78, 5) is 21.6. The zero-order valence-electron chi connectivity index (χ0n) is 7.43. The number of nitrogens with zero attached hydrogens (tertiary/aromatic N) is 1. The van der Waals surface area contributed by atoms with E-state index in [0.717, 1.165) is 0 Å². The minimum atomic E-state index is -1.22. The maximum absolute atomic E-state index is 11.1. The van der Waals surface area contributed by atoms with Crippen LogP contribution in [0.3, 0.4) is 0 Å². The Morgan fingerprint density at radius 1 is 1.64 bits per heavy atom. The molecule has 4 nitrogen and oxygen atoms in total. The number of hydrogen-bond acceptors (Lipinski definition) is 2. The van der Waals surface area contributed by atoms with Gasteiger partial charge in [0, 0.05) is 31.4 Å². The predicted octanol–water partition coefficient (Wildman–Crippen LogP) is 0.570. The Bertz CT molecular complexity index is 439. The van der Waals surface area contributed by atoms with Gasteiger partial charge in [-0.3, -0.25) is 4.79 Å².